The molecule has 2 heterocycles. The first-order valence-corrected chi connectivity index (χ1v) is 12.2. The van der Waals surface area contributed by atoms with Gasteiger partial charge in [0.15, 0.2) is 9.84 Å². The summed E-state index contributed by atoms with van der Waals surface area (Å²) in [5.74, 6) is 0.542. The number of rotatable bonds is 10. The summed E-state index contributed by atoms with van der Waals surface area (Å²) >= 11 is 0. The minimum atomic E-state index is -3.19. The van der Waals surface area contributed by atoms with Crippen molar-refractivity contribution in [1.29, 1.82) is 0 Å². The van der Waals surface area contributed by atoms with Crippen LogP contribution in [0.15, 0.2) is 48.9 Å². The van der Waals surface area contributed by atoms with Gasteiger partial charge in [-0.15, -0.1) is 0 Å². The molecule has 0 N–H and O–H groups in total. The van der Waals surface area contributed by atoms with Crippen molar-refractivity contribution in [1.82, 2.24) is 19.9 Å². The van der Waals surface area contributed by atoms with E-state index in [0.717, 1.165) is 11.1 Å². The molecule has 8 nitrogen and oxygen atoms in total. The molecule has 0 saturated heterocycles. The molecule has 0 unspecified atom stereocenters. The van der Waals surface area contributed by atoms with Gasteiger partial charge in [0.2, 0.25) is 5.88 Å². The maximum absolute atomic E-state index is 12.6. The van der Waals surface area contributed by atoms with Crippen LogP contribution in [0.3, 0.4) is 0 Å². The average Bonchev–Trinajstić information content (AvgIpc) is 3.61. The van der Waals surface area contributed by atoms with Crippen molar-refractivity contribution in [3.8, 4) is 17.1 Å². The molecule has 1 saturated carbocycles. The lowest BCUT2D eigenvalue weighted by atomic mass is 10.0. The molecular weight excluding hydrogens is 428 g/mol. The molecule has 166 valence electrons. The molecule has 0 radical (unpaired) electrons. The second-order valence-electron chi connectivity index (χ2n) is 7.74. The highest BCUT2D eigenvalue weighted by atomic mass is 32.2. The molecule has 0 aliphatic heterocycles. The highest BCUT2D eigenvalue weighted by Gasteiger charge is 2.36. The number of ketones is 1. The van der Waals surface area contributed by atoms with E-state index in [1.807, 2.05) is 31.2 Å². The SMILES string of the molecule is CCOc1cncc(-c2ccc(CC(=O)Cc3ccnc(CS(=O)(=O)C4CC4)n3)cc2)n1. The number of carbonyl (C=O) groups excluding carboxylic acids is 1. The van der Waals surface area contributed by atoms with E-state index in [-0.39, 0.29) is 35.5 Å². The summed E-state index contributed by atoms with van der Waals surface area (Å²) in [7, 11) is -3.19. The molecule has 4 rings (SSSR count). The third-order valence-corrected chi connectivity index (χ3v) is 7.21. The van der Waals surface area contributed by atoms with Crippen LogP contribution in [0.25, 0.3) is 11.3 Å². The van der Waals surface area contributed by atoms with Gasteiger partial charge in [0, 0.05) is 24.6 Å². The summed E-state index contributed by atoms with van der Waals surface area (Å²) in [6.45, 7) is 2.40. The topological polar surface area (TPSA) is 112 Å². The number of hydrogen-bond donors (Lipinski definition) is 0. The van der Waals surface area contributed by atoms with Crippen LogP contribution < -0.4 is 4.74 Å². The summed E-state index contributed by atoms with van der Waals surface area (Å²) in [6, 6.07) is 9.21. The number of nitrogens with zero attached hydrogens (tertiary/aromatic N) is 4. The molecule has 0 atom stereocenters. The highest BCUT2D eigenvalue weighted by molar-refractivity contribution is 7.91. The predicted molar refractivity (Wildman–Crippen MR) is 119 cm³/mol. The van der Waals surface area contributed by atoms with Gasteiger partial charge < -0.3 is 4.74 Å². The predicted octanol–water partition coefficient (Wildman–Crippen LogP) is 2.76. The molecule has 1 aromatic carbocycles. The van der Waals surface area contributed by atoms with Crippen LogP contribution in [0.1, 0.15) is 36.8 Å². The number of carbonyl (C=O) groups is 1. The van der Waals surface area contributed by atoms with Crippen LogP contribution in [0.4, 0.5) is 0 Å². The second-order valence-corrected chi connectivity index (χ2v) is 10.0. The number of Topliss-reactive ketones (excluding diaryl/α,β-unsaturated/α-hetero) is 1. The van der Waals surface area contributed by atoms with E-state index < -0.39 is 9.84 Å². The van der Waals surface area contributed by atoms with Crippen LogP contribution in [0.5, 0.6) is 5.88 Å². The van der Waals surface area contributed by atoms with E-state index in [2.05, 4.69) is 19.9 Å². The maximum Gasteiger partial charge on any atom is 0.232 e. The Bertz CT molecular complexity index is 1210. The fourth-order valence-corrected chi connectivity index (χ4v) is 4.91. The Labute approximate surface area is 187 Å². The van der Waals surface area contributed by atoms with Crippen molar-refractivity contribution in [2.24, 2.45) is 0 Å². The number of sulfone groups is 1. The Morgan fingerprint density at radius 2 is 1.84 bits per heavy atom. The fourth-order valence-electron chi connectivity index (χ4n) is 3.32. The Balaban J connectivity index is 1.37. The summed E-state index contributed by atoms with van der Waals surface area (Å²) in [5.41, 5.74) is 2.99. The third-order valence-electron chi connectivity index (χ3n) is 5.06. The first kappa shape index (κ1) is 22.0. The lowest BCUT2D eigenvalue weighted by molar-refractivity contribution is -0.117. The zero-order valence-electron chi connectivity index (χ0n) is 17.8. The fraction of sp³-hybridized carbons (Fsp3) is 0.348. The molecule has 0 amide bonds. The quantitative estimate of drug-likeness (QED) is 0.462. The van der Waals surface area contributed by atoms with E-state index in [9.17, 15) is 13.2 Å². The lowest BCUT2D eigenvalue weighted by Gasteiger charge is -2.07. The summed E-state index contributed by atoms with van der Waals surface area (Å²) in [5, 5.41) is -0.257. The monoisotopic (exact) mass is 452 g/mol. The maximum atomic E-state index is 12.6. The summed E-state index contributed by atoms with van der Waals surface area (Å²) in [6.07, 6.45) is 6.55. The van der Waals surface area contributed by atoms with Gasteiger partial charge in [0.05, 0.1) is 35.6 Å². The Hall–Kier alpha value is -3.20. The molecule has 2 aromatic heterocycles. The lowest BCUT2D eigenvalue weighted by Crippen LogP contribution is -2.14. The molecule has 3 aromatic rings. The van der Waals surface area contributed by atoms with Crippen molar-refractivity contribution in [3.63, 3.8) is 0 Å². The highest BCUT2D eigenvalue weighted by Crippen LogP contribution is 2.30. The summed E-state index contributed by atoms with van der Waals surface area (Å²) < 4.78 is 29.7. The van der Waals surface area contributed by atoms with Gasteiger partial charge in [-0.05, 0) is 31.4 Å². The average molecular weight is 453 g/mol. The minimum Gasteiger partial charge on any atom is -0.477 e. The van der Waals surface area contributed by atoms with E-state index in [1.54, 1.807) is 18.5 Å². The molecule has 1 aliphatic rings. The largest absolute Gasteiger partial charge is 0.477 e. The van der Waals surface area contributed by atoms with Crippen LogP contribution in [0, 0.1) is 0 Å². The Kier molecular flexibility index (Phi) is 6.55. The van der Waals surface area contributed by atoms with E-state index in [0.29, 0.717) is 36.7 Å². The van der Waals surface area contributed by atoms with Gasteiger partial charge in [-0.3, -0.25) is 9.78 Å². The van der Waals surface area contributed by atoms with Gasteiger partial charge in [-0.25, -0.2) is 23.4 Å². The van der Waals surface area contributed by atoms with Crippen molar-refractivity contribution < 1.29 is 17.9 Å². The van der Waals surface area contributed by atoms with Crippen LogP contribution >= 0.6 is 0 Å². The van der Waals surface area contributed by atoms with Crippen molar-refractivity contribution in [3.05, 3.63) is 66.0 Å². The van der Waals surface area contributed by atoms with Crippen LogP contribution in [-0.4, -0.2) is 46.0 Å². The minimum absolute atomic E-state index is 0.00872. The van der Waals surface area contributed by atoms with Crippen molar-refractivity contribution in [2.45, 2.75) is 43.6 Å². The number of benzene rings is 1. The van der Waals surface area contributed by atoms with E-state index >= 15 is 0 Å². The first-order chi connectivity index (χ1) is 15.4. The van der Waals surface area contributed by atoms with Gasteiger partial charge >= 0.3 is 0 Å². The Morgan fingerprint density at radius 1 is 1.06 bits per heavy atom. The Morgan fingerprint density at radius 3 is 2.56 bits per heavy atom. The first-order valence-electron chi connectivity index (χ1n) is 10.5. The van der Waals surface area contributed by atoms with Gasteiger partial charge in [-0.2, -0.15) is 0 Å². The molecule has 1 aliphatic carbocycles. The molecule has 0 spiro atoms. The number of hydrogen-bond acceptors (Lipinski definition) is 8. The van der Waals surface area contributed by atoms with Gasteiger partial charge in [0.1, 0.15) is 17.4 Å². The normalized spacial score (nSPS) is 13.7. The molecule has 9 heteroatoms. The van der Waals surface area contributed by atoms with E-state index in [1.165, 1.54) is 6.20 Å². The molecular formula is C23H24N4O4S. The second kappa shape index (κ2) is 9.52. The van der Waals surface area contributed by atoms with Gasteiger partial charge in [0.25, 0.3) is 0 Å². The smallest absolute Gasteiger partial charge is 0.232 e. The van der Waals surface area contributed by atoms with Gasteiger partial charge in [-0.1, -0.05) is 24.3 Å². The standard InChI is InChI=1S/C23H24N4O4S/c1-2-31-23-14-24-13-21(27-23)17-5-3-16(4-6-17)11-19(28)12-18-9-10-25-22(26-18)15-32(29,30)20-7-8-20/h3-6,9-10,13-14,20H,2,7-8,11-12,15H2,1H3. The number of aromatic nitrogens is 4. The molecule has 32 heavy (non-hydrogen) atoms. The zero-order chi connectivity index (χ0) is 22.6. The van der Waals surface area contributed by atoms with Crippen molar-refractivity contribution >= 4 is 15.6 Å². The third kappa shape index (κ3) is 5.73. The number of ether oxygens (including phenoxy) is 1. The zero-order valence-corrected chi connectivity index (χ0v) is 18.6. The van der Waals surface area contributed by atoms with Crippen LogP contribution in [0.2, 0.25) is 0 Å². The van der Waals surface area contributed by atoms with Crippen molar-refractivity contribution in [2.75, 3.05) is 6.61 Å². The summed E-state index contributed by atoms with van der Waals surface area (Å²) in [4.78, 5) is 29.5. The van der Waals surface area contributed by atoms with E-state index in [4.69, 9.17) is 4.74 Å². The molecule has 0 bridgehead atoms. The molecule has 1 fully saturated rings. The van der Waals surface area contributed by atoms with Crippen LogP contribution in [-0.2, 0) is 33.2 Å².